The van der Waals surface area contributed by atoms with Crippen LogP contribution < -0.4 is 15.4 Å². The van der Waals surface area contributed by atoms with Gasteiger partial charge in [0.1, 0.15) is 0 Å². The summed E-state index contributed by atoms with van der Waals surface area (Å²) >= 11 is 0. The van der Waals surface area contributed by atoms with Crippen LogP contribution in [0.15, 0.2) is 24.3 Å². The van der Waals surface area contributed by atoms with Gasteiger partial charge in [-0.1, -0.05) is 6.07 Å². The number of likely N-dealkylation sites (N-methyl/N-ethyl adjacent to an activating group) is 1. The summed E-state index contributed by atoms with van der Waals surface area (Å²) in [6.07, 6.45) is 2.40. The van der Waals surface area contributed by atoms with Gasteiger partial charge in [0.2, 0.25) is 5.91 Å². The molecular weight excluding hydrogens is 307 g/mol. The Morgan fingerprint density at radius 3 is 2.61 bits per heavy atom. The number of ether oxygens (including phenoxy) is 2. The number of hydrogen-bond acceptors (Lipinski definition) is 5. The smallest absolute Gasteiger partial charge is 0.331 e. The Bertz CT molecular complexity index is 616. The van der Waals surface area contributed by atoms with Crippen LogP contribution in [-0.4, -0.2) is 45.1 Å². The van der Waals surface area contributed by atoms with Crippen molar-refractivity contribution in [3.63, 3.8) is 0 Å². The average molecular weight is 324 g/mol. The summed E-state index contributed by atoms with van der Waals surface area (Å²) in [7, 11) is 2.78. The Morgan fingerprint density at radius 1 is 1.26 bits per heavy atom. The molecule has 0 aliphatic carbocycles. The van der Waals surface area contributed by atoms with Crippen molar-refractivity contribution in [3.05, 3.63) is 35.7 Å². The van der Waals surface area contributed by atoms with Crippen LogP contribution in [0.3, 0.4) is 0 Å². The van der Waals surface area contributed by atoms with E-state index in [2.05, 4.69) is 15.4 Å². The van der Waals surface area contributed by atoms with E-state index in [0.717, 1.165) is 6.08 Å². The number of halogens is 1. The fraction of sp³-hybridized carbons (Fsp3) is 0.267. The highest BCUT2D eigenvalue weighted by Crippen LogP contribution is 2.18. The standard InChI is InChI=1S/C15H17FN2O5/c1-17-13(19)8-18-14(20)9-23-15(21)6-4-10-3-5-12(22-2)11(16)7-10/h3-7H,8-9H2,1-2H3,(H,17,19)(H,18,20)/b6-4+. The van der Waals surface area contributed by atoms with Gasteiger partial charge < -0.3 is 20.1 Å². The van der Waals surface area contributed by atoms with Gasteiger partial charge in [-0.3, -0.25) is 9.59 Å². The molecule has 0 atom stereocenters. The zero-order chi connectivity index (χ0) is 17.2. The lowest BCUT2D eigenvalue weighted by Crippen LogP contribution is -2.37. The summed E-state index contributed by atoms with van der Waals surface area (Å²) in [5.41, 5.74) is 0.435. The van der Waals surface area contributed by atoms with Gasteiger partial charge in [0, 0.05) is 13.1 Å². The minimum absolute atomic E-state index is 0.0949. The number of carbonyl (C=O) groups excluding carboxylic acids is 3. The van der Waals surface area contributed by atoms with E-state index in [1.807, 2.05) is 0 Å². The first-order valence-electron chi connectivity index (χ1n) is 6.62. The van der Waals surface area contributed by atoms with Crippen molar-refractivity contribution in [1.29, 1.82) is 0 Å². The number of nitrogens with one attached hydrogen (secondary N) is 2. The van der Waals surface area contributed by atoms with Crippen LogP contribution in [0.4, 0.5) is 4.39 Å². The van der Waals surface area contributed by atoms with Gasteiger partial charge in [0.05, 0.1) is 13.7 Å². The van der Waals surface area contributed by atoms with Gasteiger partial charge >= 0.3 is 5.97 Å². The Kier molecular flexibility index (Phi) is 7.25. The van der Waals surface area contributed by atoms with Gasteiger partial charge in [-0.15, -0.1) is 0 Å². The molecule has 0 aromatic heterocycles. The third kappa shape index (κ3) is 6.60. The second-order valence-corrected chi connectivity index (χ2v) is 4.28. The molecule has 0 radical (unpaired) electrons. The third-order valence-corrected chi connectivity index (χ3v) is 2.66. The lowest BCUT2D eigenvalue weighted by atomic mass is 10.2. The highest BCUT2D eigenvalue weighted by Gasteiger charge is 2.07. The molecule has 124 valence electrons. The molecule has 0 saturated carbocycles. The first kappa shape index (κ1) is 18.1. The van der Waals surface area contributed by atoms with Crippen LogP contribution in [0.2, 0.25) is 0 Å². The van der Waals surface area contributed by atoms with Gasteiger partial charge in [0.15, 0.2) is 18.2 Å². The fourth-order valence-electron chi connectivity index (χ4n) is 1.45. The maximum Gasteiger partial charge on any atom is 0.331 e. The van der Waals surface area contributed by atoms with E-state index in [4.69, 9.17) is 4.74 Å². The Morgan fingerprint density at radius 2 is 2.00 bits per heavy atom. The normalized spacial score (nSPS) is 10.2. The summed E-state index contributed by atoms with van der Waals surface area (Å²) in [4.78, 5) is 33.6. The molecule has 0 spiro atoms. The van der Waals surface area contributed by atoms with Gasteiger partial charge in [0.25, 0.3) is 5.91 Å². The highest BCUT2D eigenvalue weighted by atomic mass is 19.1. The highest BCUT2D eigenvalue weighted by molar-refractivity contribution is 5.90. The summed E-state index contributed by atoms with van der Waals surface area (Å²) in [6, 6.07) is 4.17. The van der Waals surface area contributed by atoms with E-state index < -0.39 is 24.3 Å². The van der Waals surface area contributed by atoms with Gasteiger partial charge in [-0.2, -0.15) is 0 Å². The van der Waals surface area contributed by atoms with Crippen molar-refractivity contribution in [2.45, 2.75) is 0 Å². The molecule has 2 N–H and O–H groups in total. The van der Waals surface area contributed by atoms with E-state index >= 15 is 0 Å². The molecule has 1 aromatic carbocycles. The second-order valence-electron chi connectivity index (χ2n) is 4.28. The molecule has 0 bridgehead atoms. The van der Waals surface area contributed by atoms with Crippen molar-refractivity contribution in [2.75, 3.05) is 27.3 Å². The molecule has 23 heavy (non-hydrogen) atoms. The maximum absolute atomic E-state index is 13.4. The van der Waals surface area contributed by atoms with Crippen LogP contribution in [-0.2, 0) is 19.1 Å². The SMILES string of the molecule is CNC(=O)CNC(=O)COC(=O)/C=C/c1ccc(OC)c(F)c1. The Labute approximate surface area is 132 Å². The Balaban J connectivity index is 2.42. The van der Waals surface area contributed by atoms with E-state index in [1.54, 1.807) is 6.07 Å². The number of esters is 1. The zero-order valence-electron chi connectivity index (χ0n) is 12.7. The molecule has 7 nitrogen and oxygen atoms in total. The second kappa shape index (κ2) is 9.19. The molecule has 1 aromatic rings. The van der Waals surface area contributed by atoms with Crippen LogP contribution in [0.25, 0.3) is 6.08 Å². The van der Waals surface area contributed by atoms with E-state index in [9.17, 15) is 18.8 Å². The van der Waals surface area contributed by atoms with E-state index in [0.29, 0.717) is 5.56 Å². The molecule has 8 heteroatoms. The van der Waals surface area contributed by atoms with Crippen LogP contribution in [0.5, 0.6) is 5.75 Å². The summed E-state index contributed by atoms with van der Waals surface area (Å²) in [6.45, 7) is -0.717. The van der Waals surface area contributed by atoms with Crippen molar-refractivity contribution in [3.8, 4) is 5.75 Å². The number of rotatable bonds is 7. The van der Waals surface area contributed by atoms with Gasteiger partial charge in [-0.25, -0.2) is 9.18 Å². The number of carbonyl (C=O) groups is 3. The maximum atomic E-state index is 13.4. The van der Waals surface area contributed by atoms with Crippen molar-refractivity contribution in [2.24, 2.45) is 0 Å². The molecule has 0 unspecified atom stereocenters. The van der Waals surface area contributed by atoms with Crippen molar-refractivity contribution >= 4 is 23.9 Å². The largest absolute Gasteiger partial charge is 0.494 e. The monoisotopic (exact) mass is 324 g/mol. The molecule has 0 fully saturated rings. The molecule has 0 aliphatic heterocycles. The molecule has 1 rings (SSSR count). The molecule has 0 aliphatic rings. The van der Waals surface area contributed by atoms with Crippen LogP contribution >= 0.6 is 0 Å². The quantitative estimate of drug-likeness (QED) is 0.554. The Hall–Kier alpha value is -2.90. The van der Waals surface area contributed by atoms with Crippen LogP contribution in [0.1, 0.15) is 5.56 Å². The fourth-order valence-corrected chi connectivity index (χ4v) is 1.45. The van der Waals surface area contributed by atoms with E-state index in [-0.39, 0.29) is 18.2 Å². The zero-order valence-corrected chi connectivity index (χ0v) is 12.7. The minimum atomic E-state index is -0.767. The van der Waals surface area contributed by atoms with Crippen molar-refractivity contribution in [1.82, 2.24) is 10.6 Å². The first-order chi connectivity index (χ1) is 11.0. The van der Waals surface area contributed by atoms with Crippen LogP contribution in [0, 0.1) is 5.82 Å². The minimum Gasteiger partial charge on any atom is -0.494 e. The third-order valence-electron chi connectivity index (χ3n) is 2.66. The number of benzene rings is 1. The van der Waals surface area contributed by atoms with E-state index in [1.165, 1.54) is 32.4 Å². The lowest BCUT2D eigenvalue weighted by molar-refractivity contribution is -0.143. The number of hydrogen-bond donors (Lipinski definition) is 2. The lowest BCUT2D eigenvalue weighted by Gasteiger charge is -2.04. The summed E-state index contributed by atoms with van der Waals surface area (Å²) in [5, 5.41) is 4.59. The number of methoxy groups -OCH3 is 1. The number of amides is 2. The first-order valence-corrected chi connectivity index (χ1v) is 6.62. The summed E-state index contributed by atoms with van der Waals surface area (Å²) < 4.78 is 22.9. The molecule has 0 heterocycles. The average Bonchev–Trinajstić information content (AvgIpc) is 2.55. The molecular formula is C15H17FN2O5. The predicted molar refractivity (Wildman–Crippen MR) is 80.0 cm³/mol. The van der Waals surface area contributed by atoms with Gasteiger partial charge in [-0.05, 0) is 23.8 Å². The van der Waals surface area contributed by atoms with Crippen molar-refractivity contribution < 1.29 is 28.2 Å². The summed E-state index contributed by atoms with van der Waals surface area (Å²) in [5.74, 6) is -2.21. The predicted octanol–water partition coefficient (Wildman–Crippen LogP) is 0.253. The molecule has 0 saturated heterocycles. The topological polar surface area (TPSA) is 93.7 Å². The molecule has 2 amide bonds.